The molecule has 0 radical (unpaired) electrons. The third kappa shape index (κ3) is 1.98. The molecule has 5 heteroatoms. The first kappa shape index (κ1) is 10.9. The lowest BCUT2D eigenvalue weighted by Gasteiger charge is -2.24. The molecular formula is C11H14FN3O. The van der Waals surface area contributed by atoms with Gasteiger partial charge in [-0.2, -0.15) is 0 Å². The molecule has 86 valence electrons. The number of aromatic nitrogens is 1. The van der Waals surface area contributed by atoms with E-state index in [0.717, 1.165) is 25.1 Å². The topological polar surface area (TPSA) is 59.2 Å². The van der Waals surface area contributed by atoms with Gasteiger partial charge in [-0.15, -0.1) is 0 Å². The number of amides is 1. The predicted molar refractivity (Wildman–Crippen MR) is 59.1 cm³/mol. The largest absolute Gasteiger partial charge is 0.366 e. The normalized spacial score (nSPS) is 20.1. The van der Waals surface area contributed by atoms with Crippen molar-refractivity contribution in [1.82, 2.24) is 4.98 Å². The van der Waals surface area contributed by atoms with E-state index in [4.69, 9.17) is 5.73 Å². The van der Waals surface area contributed by atoms with Crippen molar-refractivity contribution in [2.75, 3.05) is 18.1 Å². The predicted octanol–water partition coefficient (Wildman–Crippen LogP) is 1.12. The van der Waals surface area contributed by atoms with Gasteiger partial charge in [0.15, 0.2) is 0 Å². The molecule has 1 aliphatic heterocycles. The second kappa shape index (κ2) is 4.47. The highest BCUT2D eigenvalue weighted by Crippen LogP contribution is 2.25. The van der Waals surface area contributed by atoms with E-state index in [2.05, 4.69) is 4.98 Å². The number of nitrogens with zero attached hydrogens (tertiary/aromatic N) is 2. The number of hydrogen-bond donors (Lipinski definition) is 1. The van der Waals surface area contributed by atoms with Crippen LogP contribution < -0.4 is 10.6 Å². The number of rotatable bonds is 3. The summed E-state index contributed by atoms with van der Waals surface area (Å²) < 4.78 is 12.7. The summed E-state index contributed by atoms with van der Waals surface area (Å²) in [6.45, 7) is 0.449. The first-order valence-electron chi connectivity index (χ1n) is 5.31. The smallest absolute Gasteiger partial charge is 0.267 e. The molecule has 0 aliphatic carbocycles. The van der Waals surface area contributed by atoms with Gasteiger partial charge in [-0.05, 0) is 25.0 Å². The third-order valence-electron chi connectivity index (χ3n) is 2.88. The molecule has 1 unspecified atom stereocenters. The van der Waals surface area contributed by atoms with E-state index in [0.29, 0.717) is 0 Å². The number of halogens is 1. The fourth-order valence-corrected chi connectivity index (χ4v) is 2.07. The number of anilines is 1. The Balaban J connectivity index is 2.26. The zero-order valence-electron chi connectivity index (χ0n) is 8.90. The summed E-state index contributed by atoms with van der Waals surface area (Å²) in [4.78, 5) is 16.8. The standard InChI is InChI=1S/C11H14FN3O/c12-7-9-2-1-5-15(9)8-3-4-14-10(6-8)11(13)16/h3-4,6,9H,1-2,5,7H2,(H2,13,16). The highest BCUT2D eigenvalue weighted by Gasteiger charge is 2.24. The lowest BCUT2D eigenvalue weighted by Crippen LogP contribution is -2.31. The molecule has 0 bridgehead atoms. The van der Waals surface area contributed by atoms with E-state index in [1.807, 2.05) is 4.90 Å². The van der Waals surface area contributed by atoms with Crippen LogP contribution in [0.3, 0.4) is 0 Å². The van der Waals surface area contributed by atoms with Crippen molar-refractivity contribution in [3.63, 3.8) is 0 Å². The lowest BCUT2D eigenvalue weighted by molar-refractivity contribution is 0.0995. The lowest BCUT2D eigenvalue weighted by atomic mass is 10.2. The number of carbonyl (C=O) groups is 1. The summed E-state index contributed by atoms with van der Waals surface area (Å²) in [6, 6.07) is 3.32. The fraction of sp³-hybridized carbons (Fsp3) is 0.455. The molecule has 1 aromatic rings. The van der Waals surface area contributed by atoms with Crippen molar-refractivity contribution < 1.29 is 9.18 Å². The zero-order chi connectivity index (χ0) is 11.5. The van der Waals surface area contributed by atoms with Crippen molar-refractivity contribution in [2.45, 2.75) is 18.9 Å². The average Bonchev–Trinajstić information content (AvgIpc) is 2.77. The van der Waals surface area contributed by atoms with Gasteiger partial charge in [0, 0.05) is 18.4 Å². The van der Waals surface area contributed by atoms with Crippen LogP contribution in [0.1, 0.15) is 23.3 Å². The number of carbonyl (C=O) groups excluding carboxylic acids is 1. The highest BCUT2D eigenvalue weighted by atomic mass is 19.1. The molecule has 1 atom stereocenters. The Morgan fingerprint density at radius 3 is 3.19 bits per heavy atom. The van der Waals surface area contributed by atoms with Crippen LogP contribution in [0.4, 0.5) is 10.1 Å². The molecule has 16 heavy (non-hydrogen) atoms. The molecule has 1 fully saturated rings. The maximum Gasteiger partial charge on any atom is 0.267 e. The SMILES string of the molecule is NC(=O)c1cc(N2CCCC2CF)ccn1. The summed E-state index contributed by atoms with van der Waals surface area (Å²) in [5, 5.41) is 0. The molecule has 4 nitrogen and oxygen atoms in total. The molecule has 1 aromatic heterocycles. The Morgan fingerprint density at radius 2 is 2.50 bits per heavy atom. The Hall–Kier alpha value is -1.65. The second-order valence-electron chi connectivity index (χ2n) is 3.91. The minimum absolute atomic E-state index is 0.0804. The van der Waals surface area contributed by atoms with Crippen LogP contribution in [0, 0.1) is 0 Å². The van der Waals surface area contributed by atoms with Gasteiger partial charge in [-0.3, -0.25) is 9.78 Å². The van der Waals surface area contributed by atoms with Gasteiger partial charge >= 0.3 is 0 Å². The molecule has 0 aromatic carbocycles. The molecule has 1 amide bonds. The Morgan fingerprint density at radius 1 is 1.69 bits per heavy atom. The van der Waals surface area contributed by atoms with Crippen molar-refractivity contribution in [1.29, 1.82) is 0 Å². The van der Waals surface area contributed by atoms with Gasteiger partial charge in [0.25, 0.3) is 5.91 Å². The summed E-state index contributed by atoms with van der Waals surface area (Å²) in [5.74, 6) is -0.558. The molecule has 0 saturated carbocycles. The van der Waals surface area contributed by atoms with E-state index >= 15 is 0 Å². The Kier molecular flexibility index (Phi) is 3.03. The van der Waals surface area contributed by atoms with Crippen molar-refractivity contribution in [2.24, 2.45) is 5.73 Å². The highest BCUT2D eigenvalue weighted by molar-refractivity contribution is 5.91. The third-order valence-corrected chi connectivity index (χ3v) is 2.88. The van der Waals surface area contributed by atoms with Crippen LogP contribution in [-0.4, -0.2) is 30.2 Å². The van der Waals surface area contributed by atoms with Gasteiger partial charge in [0.1, 0.15) is 12.4 Å². The van der Waals surface area contributed by atoms with Crippen molar-refractivity contribution >= 4 is 11.6 Å². The minimum atomic E-state index is -0.558. The number of pyridine rings is 1. The summed E-state index contributed by atoms with van der Waals surface area (Å²) >= 11 is 0. The molecule has 2 N–H and O–H groups in total. The van der Waals surface area contributed by atoms with E-state index < -0.39 is 5.91 Å². The quantitative estimate of drug-likeness (QED) is 0.835. The van der Waals surface area contributed by atoms with Gasteiger partial charge in [-0.25, -0.2) is 4.39 Å². The van der Waals surface area contributed by atoms with E-state index in [9.17, 15) is 9.18 Å². The van der Waals surface area contributed by atoms with Crippen LogP contribution in [0.25, 0.3) is 0 Å². The first-order chi connectivity index (χ1) is 7.72. The minimum Gasteiger partial charge on any atom is -0.366 e. The van der Waals surface area contributed by atoms with Gasteiger partial charge in [0.05, 0.1) is 6.04 Å². The second-order valence-corrected chi connectivity index (χ2v) is 3.91. The van der Waals surface area contributed by atoms with Crippen molar-refractivity contribution in [3.05, 3.63) is 24.0 Å². The van der Waals surface area contributed by atoms with Gasteiger partial charge in [0.2, 0.25) is 0 Å². The first-order valence-corrected chi connectivity index (χ1v) is 5.31. The number of alkyl halides is 1. The molecule has 2 heterocycles. The van der Waals surface area contributed by atoms with E-state index in [1.54, 1.807) is 12.1 Å². The van der Waals surface area contributed by atoms with E-state index in [1.165, 1.54) is 6.20 Å². The maximum atomic E-state index is 12.7. The number of nitrogens with two attached hydrogens (primary N) is 1. The number of hydrogen-bond acceptors (Lipinski definition) is 3. The summed E-state index contributed by atoms with van der Waals surface area (Å²) in [5.41, 5.74) is 6.20. The molecule has 1 aliphatic rings. The molecule has 2 rings (SSSR count). The van der Waals surface area contributed by atoms with Crippen LogP contribution in [0.15, 0.2) is 18.3 Å². The summed E-state index contributed by atoms with van der Waals surface area (Å²) in [7, 11) is 0. The molecular weight excluding hydrogens is 209 g/mol. The zero-order valence-corrected chi connectivity index (χ0v) is 8.90. The maximum absolute atomic E-state index is 12.7. The fourth-order valence-electron chi connectivity index (χ4n) is 2.07. The monoisotopic (exact) mass is 223 g/mol. The van der Waals surface area contributed by atoms with Crippen LogP contribution in [-0.2, 0) is 0 Å². The Bertz CT molecular complexity index is 397. The molecule has 0 spiro atoms. The summed E-state index contributed by atoms with van der Waals surface area (Å²) in [6.07, 6.45) is 3.36. The number of primary amides is 1. The van der Waals surface area contributed by atoms with Gasteiger partial charge < -0.3 is 10.6 Å². The van der Waals surface area contributed by atoms with Crippen molar-refractivity contribution in [3.8, 4) is 0 Å². The average molecular weight is 223 g/mol. The van der Waals surface area contributed by atoms with Crippen LogP contribution >= 0.6 is 0 Å². The molecule has 1 saturated heterocycles. The van der Waals surface area contributed by atoms with Crippen LogP contribution in [0.5, 0.6) is 0 Å². The van der Waals surface area contributed by atoms with Gasteiger partial charge in [-0.1, -0.05) is 0 Å². The van der Waals surface area contributed by atoms with E-state index in [-0.39, 0.29) is 18.4 Å². The van der Waals surface area contributed by atoms with Crippen LogP contribution in [0.2, 0.25) is 0 Å². The Labute approximate surface area is 93.3 Å².